The maximum absolute atomic E-state index is 12.9. The van der Waals surface area contributed by atoms with E-state index in [1.807, 2.05) is 37.4 Å². The van der Waals surface area contributed by atoms with Gasteiger partial charge in [-0.1, -0.05) is 30.3 Å². The van der Waals surface area contributed by atoms with E-state index >= 15 is 0 Å². The van der Waals surface area contributed by atoms with Gasteiger partial charge in [-0.2, -0.15) is 4.31 Å². The van der Waals surface area contributed by atoms with Crippen LogP contribution in [-0.4, -0.2) is 67.4 Å². The Morgan fingerprint density at radius 2 is 1.88 bits per heavy atom. The number of hydrogen-bond acceptors (Lipinski definition) is 6. The standard InChI is InChI=1S/C18H23N3O3S2/c1-20-8-10-21(11-9-20)26(23,24)14-16(13-15-5-3-2-4-6-15)17(22)18-19-7-12-25-18/h2-7,12,16H,8-11,13-14H2,1H3/t16-/m0/s1. The van der Waals surface area contributed by atoms with E-state index in [1.54, 1.807) is 11.6 Å². The van der Waals surface area contributed by atoms with Gasteiger partial charge in [-0.3, -0.25) is 4.79 Å². The summed E-state index contributed by atoms with van der Waals surface area (Å²) in [6.07, 6.45) is 1.97. The average molecular weight is 394 g/mol. The summed E-state index contributed by atoms with van der Waals surface area (Å²) in [7, 11) is -1.52. The number of thiazole rings is 1. The Kier molecular flexibility index (Phi) is 6.18. The zero-order chi connectivity index (χ0) is 18.6. The van der Waals surface area contributed by atoms with E-state index in [9.17, 15) is 13.2 Å². The molecule has 1 aromatic heterocycles. The minimum absolute atomic E-state index is 0.177. The van der Waals surface area contributed by atoms with Crippen molar-refractivity contribution >= 4 is 27.1 Å². The SMILES string of the molecule is CN1CCN(S(=O)(=O)C[C@H](Cc2ccccc2)C(=O)c2nccs2)CC1. The van der Waals surface area contributed by atoms with Crippen LogP contribution in [0.5, 0.6) is 0 Å². The van der Waals surface area contributed by atoms with E-state index in [0.717, 1.165) is 5.56 Å². The minimum Gasteiger partial charge on any atom is -0.304 e. The summed E-state index contributed by atoms with van der Waals surface area (Å²) >= 11 is 1.26. The van der Waals surface area contributed by atoms with Crippen molar-refractivity contribution in [2.75, 3.05) is 39.0 Å². The first-order valence-corrected chi connectivity index (χ1v) is 11.1. The molecule has 1 atom stereocenters. The van der Waals surface area contributed by atoms with Gasteiger partial charge < -0.3 is 4.90 Å². The highest BCUT2D eigenvalue weighted by atomic mass is 32.2. The maximum Gasteiger partial charge on any atom is 0.214 e. The van der Waals surface area contributed by atoms with Crippen LogP contribution in [0.2, 0.25) is 0 Å². The summed E-state index contributed by atoms with van der Waals surface area (Å²) in [5.41, 5.74) is 0.955. The molecule has 2 heterocycles. The van der Waals surface area contributed by atoms with Gasteiger partial charge >= 0.3 is 0 Å². The molecule has 1 saturated heterocycles. The molecule has 0 bridgehead atoms. The maximum atomic E-state index is 12.9. The number of benzene rings is 1. The topological polar surface area (TPSA) is 70.6 Å². The predicted octanol–water partition coefficient (Wildman–Crippen LogP) is 1.76. The van der Waals surface area contributed by atoms with Crippen molar-refractivity contribution in [2.24, 2.45) is 5.92 Å². The van der Waals surface area contributed by atoms with Crippen molar-refractivity contribution in [3.05, 3.63) is 52.5 Å². The number of rotatable bonds is 7. The fraction of sp³-hybridized carbons (Fsp3) is 0.444. The number of hydrogen-bond donors (Lipinski definition) is 0. The largest absolute Gasteiger partial charge is 0.304 e. The van der Waals surface area contributed by atoms with E-state index < -0.39 is 15.9 Å². The summed E-state index contributed by atoms with van der Waals surface area (Å²) in [5.74, 6) is -1.00. The van der Waals surface area contributed by atoms with E-state index in [1.165, 1.54) is 15.6 Å². The van der Waals surface area contributed by atoms with Crippen LogP contribution in [0, 0.1) is 5.92 Å². The van der Waals surface area contributed by atoms with Crippen LogP contribution in [-0.2, 0) is 16.4 Å². The highest BCUT2D eigenvalue weighted by Gasteiger charge is 2.33. The van der Waals surface area contributed by atoms with Gasteiger partial charge in [-0.15, -0.1) is 11.3 Å². The molecular formula is C18H23N3O3S2. The van der Waals surface area contributed by atoms with Crippen molar-refractivity contribution in [3.8, 4) is 0 Å². The van der Waals surface area contributed by atoms with Crippen molar-refractivity contribution < 1.29 is 13.2 Å². The zero-order valence-corrected chi connectivity index (χ0v) is 16.4. The van der Waals surface area contributed by atoms with Gasteiger partial charge in [0.05, 0.1) is 5.75 Å². The second-order valence-electron chi connectivity index (χ2n) is 6.57. The number of ketones is 1. The van der Waals surface area contributed by atoms with Gasteiger partial charge in [0.2, 0.25) is 10.0 Å². The molecule has 0 radical (unpaired) electrons. The Bertz CT molecular complexity index is 815. The monoisotopic (exact) mass is 393 g/mol. The number of carbonyl (C=O) groups excluding carboxylic acids is 1. The van der Waals surface area contributed by atoms with E-state index in [2.05, 4.69) is 9.88 Å². The van der Waals surface area contributed by atoms with E-state index in [-0.39, 0.29) is 11.5 Å². The Labute approximate surface area is 158 Å². The van der Waals surface area contributed by atoms with Crippen LogP contribution < -0.4 is 0 Å². The summed E-state index contributed by atoms with van der Waals surface area (Å²) in [6.45, 7) is 2.37. The lowest BCUT2D eigenvalue weighted by molar-refractivity contribution is 0.0929. The highest BCUT2D eigenvalue weighted by molar-refractivity contribution is 7.89. The van der Waals surface area contributed by atoms with Crippen molar-refractivity contribution in [1.29, 1.82) is 0 Å². The molecule has 1 aromatic carbocycles. The van der Waals surface area contributed by atoms with Crippen molar-refractivity contribution in [1.82, 2.24) is 14.2 Å². The molecule has 26 heavy (non-hydrogen) atoms. The smallest absolute Gasteiger partial charge is 0.214 e. The van der Waals surface area contributed by atoms with Crippen LogP contribution in [0.15, 0.2) is 41.9 Å². The van der Waals surface area contributed by atoms with Crippen LogP contribution in [0.25, 0.3) is 0 Å². The molecule has 1 aliphatic heterocycles. The molecule has 2 aromatic rings. The third-order valence-electron chi connectivity index (χ3n) is 4.61. The lowest BCUT2D eigenvalue weighted by Gasteiger charge is -2.32. The Morgan fingerprint density at radius 1 is 1.19 bits per heavy atom. The molecule has 1 fully saturated rings. The number of Topliss-reactive ketones (excluding diaryl/α,β-unsaturated/α-hetero) is 1. The fourth-order valence-corrected chi connectivity index (χ4v) is 5.43. The number of aromatic nitrogens is 1. The first-order valence-electron chi connectivity index (χ1n) is 8.60. The normalized spacial score (nSPS) is 17.9. The number of likely N-dealkylation sites (N-methyl/N-ethyl adjacent to an activating group) is 1. The highest BCUT2D eigenvalue weighted by Crippen LogP contribution is 2.20. The molecule has 140 valence electrons. The molecule has 0 aliphatic carbocycles. The summed E-state index contributed by atoms with van der Waals surface area (Å²) < 4.78 is 27.3. The van der Waals surface area contributed by atoms with Gasteiger partial charge in [0.25, 0.3) is 0 Å². The van der Waals surface area contributed by atoms with Gasteiger partial charge in [0.1, 0.15) is 0 Å². The second-order valence-corrected chi connectivity index (χ2v) is 9.48. The number of piperazine rings is 1. The zero-order valence-electron chi connectivity index (χ0n) is 14.7. The van der Waals surface area contributed by atoms with Gasteiger partial charge in [0.15, 0.2) is 10.8 Å². The van der Waals surface area contributed by atoms with Gasteiger partial charge in [-0.05, 0) is 19.0 Å². The van der Waals surface area contributed by atoms with Crippen molar-refractivity contribution in [3.63, 3.8) is 0 Å². The van der Waals surface area contributed by atoms with Crippen LogP contribution in [0.4, 0.5) is 0 Å². The molecular weight excluding hydrogens is 370 g/mol. The molecule has 0 unspecified atom stereocenters. The number of sulfonamides is 1. The average Bonchev–Trinajstić information content (AvgIpc) is 3.16. The van der Waals surface area contributed by atoms with Crippen molar-refractivity contribution in [2.45, 2.75) is 6.42 Å². The molecule has 1 aliphatic rings. The van der Waals surface area contributed by atoms with Gasteiger partial charge in [-0.25, -0.2) is 13.4 Å². The Morgan fingerprint density at radius 3 is 2.50 bits per heavy atom. The molecule has 0 N–H and O–H groups in total. The first-order chi connectivity index (χ1) is 12.5. The Hall–Kier alpha value is -1.61. The summed E-state index contributed by atoms with van der Waals surface area (Å²) in [6, 6.07) is 9.54. The second kappa shape index (κ2) is 8.39. The third kappa shape index (κ3) is 4.76. The van der Waals surface area contributed by atoms with Crippen LogP contribution in [0.3, 0.4) is 0 Å². The molecule has 0 spiro atoms. The molecule has 0 amide bonds. The molecule has 3 rings (SSSR count). The molecule has 0 saturated carbocycles. The van der Waals surface area contributed by atoms with Gasteiger partial charge in [0, 0.05) is 43.7 Å². The third-order valence-corrected chi connectivity index (χ3v) is 7.37. The number of nitrogens with zero attached hydrogens (tertiary/aromatic N) is 3. The number of carbonyl (C=O) groups is 1. The van der Waals surface area contributed by atoms with Crippen LogP contribution >= 0.6 is 11.3 Å². The minimum atomic E-state index is -3.50. The van der Waals surface area contributed by atoms with E-state index in [4.69, 9.17) is 0 Å². The quantitative estimate of drug-likeness (QED) is 0.671. The molecule has 6 nitrogen and oxygen atoms in total. The lowest BCUT2D eigenvalue weighted by atomic mass is 9.97. The van der Waals surface area contributed by atoms with E-state index in [0.29, 0.717) is 37.6 Å². The van der Waals surface area contributed by atoms with Crippen LogP contribution in [0.1, 0.15) is 15.4 Å². The fourth-order valence-electron chi connectivity index (χ4n) is 3.07. The Balaban J connectivity index is 1.79. The lowest BCUT2D eigenvalue weighted by Crippen LogP contribution is -2.48. The molecule has 8 heteroatoms. The predicted molar refractivity (Wildman–Crippen MR) is 103 cm³/mol. The summed E-state index contributed by atoms with van der Waals surface area (Å²) in [5, 5.41) is 2.11. The first kappa shape index (κ1) is 19.2. The summed E-state index contributed by atoms with van der Waals surface area (Å²) in [4.78, 5) is 19.1.